The fourth-order valence-corrected chi connectivity index (χ4v) is 3.14. The van der Waals surface area contributed by atoms with Crippen molar-refractivity contribution in [2.24, 2.45) is 0 Å². The molecule has 3 aromatic rings. The molecule has 28 heavy (non-hydrogen) atoms. The van der Waals surface area contributed by atoms with E-state index in [1.807, 2.05) is 17.5 Å². The van der Waals surface area contributed by atoms with Crippen molar-refractivity contribution in [2.45, 2.75) is 20.4 Å². The van der Waals surface area contributed by atoms with Crippen molar-refractivity contribution >= 4 is 40.4 Å². The van der Waals surface area contributed by atoms with Crippen LogP contribution in [0.3, 0.4) is 0 Å². The molecule has 2 heterocycles. The SMILES string of the molecule is CC(=O)Nc1cc(NC(C)=O)cc(C(=O)NCc2coc(-c3cccs3)n2)c1. The highest BCUT2D eigenvalue weighted by Crippen LogP contribution is 2.24. The van der Waals surface area contributed by atoms with Crippen LogP contribution in [0.4, 0.5) is 11.4 Å². The molecule has 3 amide bonds. The second kappa shape index (κ2) is 8.49. The van der Waals surface area contributed by atoms with Crippen molar-refractivity contribution in [3.63, 3.8) is 0 Å². The zero-order valence-corrected chi connectivity index (χ0v) is 16.1. The Morgan fingerprint density at radius 2 is 1.75 bits per heavy atom. The zero-order chi connectivity index (χ0) is 20.1. The third kappa shape index (κ3) is 5.04. The lowest BCUT2D eigenvalue weighted by atomic mass is 10.1. The summed E-state index contributed by atoms with van der Waals surface area (Å²) in [5, 5.41) is 9.90. The summed E-state index contributed by atoms with van der Waals surface area (Å²) in [5.74, 6) is -0.440. The fraction of sp³-hybridized carbons (Fsp3) is 0.158. The van der Waals surface area contributed by atoms with Gasteiger partial charge in [0.25, 0.3) is 5.91 Å². The highest BCUT2D eigenvalue weighted by Gasteiger charge is 2.12. The van der Waals surface area contributed by atoms with Crippen LogP contribution in [-0.4, -0.2) is 22.7 Å². The number of thiophene rings is 1. The maximum absolute atomic E-state index is 12.5. The van der Waals surface area contributed by atoms with Crippen LogP contribution < -0.4 is 16.0 Å². The first-order chi connectivity index (χ1) is 13.4. The molecule has 0 saturated carbocycles. The lowest BCUT2D eigenvalue weighted by Gasteiger charge is -2.10. The Morgan fingerprint density at radius 1 is 1.07 bits per heavy atom. The summed E-state index contributed by atoms with van der Waals surface area (Å²) < 4.78 is 5.43. The maximum Gasteiger partial charge on any atom is 0.251 e. The molecule has 0 saturated heterocycles. The lowest BCUT2D eigenvalue weighted by Crippen LogP contribution is -2.23. The molecule has 0 fully saturated rings. The molecule has 3 rings (SSSR count). The molecule has 0 aliphatic carbocycles. The topological polar surface area (TPSA) is 113 Å². The highest BCUT2D eigenvalue weighted by molar-refractivity contribution is 7.13. The first-order valence-corrected chi connectivity index (χ1v) is 9.25. The summed E-state index contributed by atoms with van der Waals surface area (Å²) in [6, 6.07) is 8.44. The largest absolute Gasteiger partial charge is 0.443 e. The molecule has 0 unspecified atom stereocenters. The molecule has 8 nitrogen and oxygen atoms in total. The van der Waals surface area contributed by atoms with Crippen LogP contribution in [0.25, 0.3) is 10.8 Å². The molecule has 0 atom stereocenters. The summed E-state index contributed by atoms with van der Waals surface area (Å²) in [4.78, 5) is 40.4. The minimum Gasteiger partial charge on any atom is -0.443 e. The molecule has 0 spiro atoms. The van der Waals surface area contributed by atoms with Crippen LogP contribution in [0.2, 0.25) is 0 Å². The van der Waals surface area contributed by atoms with Gasteiger partial charge in [-0.15, -0.1) is 11.3 Å². The molecule has 0 bridgehead atoms. The van der Waals surface area contributed by atoms with Gasteiger partial charge in [-0.2, -0.15) is 0 Å². The van der Waals surface area contributed by atoms with E-state index in [1.54, 1.807) is 6.07 Å². The quantitative estimate of drug-likeness (QED) is 0.590. The molecule has 9 heteroatoms. The van der Waals surface area contributed by atoms with Crippen LogP contribution >= 0.6 is 11.3 Å². The minimum absolute atomic E-state index is 0.174. The molecule has 2 aromatic heterocycles. The number of hydrogen-bond acceptors (Lipinski definition) is 6. The van der Waals surface area contributed by atoms with Gasteiger partial charge in [0.05, 0.1) is 17.1 Å². The van der Waals surface area contributed by atoms with Gasteiger partial charge in [-0.05, 0) is 29.6 Å². The Labute approximate surface area is 165 Å². The number of benzene rings is 1. The van der Waals surface area contributed by atoms with Crippen molar-refractivity contribution in [3.8, 4) is 10.8 Å². The summed E-state index contributed by atoms with van der Waals surface area (Å²) in [5.41, 5.74) is 1.68. The second-order valence-corrected chi connectivity index (χ2v) is 6.91. The van der Waals surface area contributed by atoms with Gasteiger partial charge in [-0.25, -0.2) is 4.98 Å². The van der Waals surface area contributed by atoms with E-state index in [0.29, 0.717) is 23.0 Å². The predicted molar refractivity (Wildman–Crippen MR) is 106 cm³/mol. The Bertz CT molecular complexity index is 977. The van der Waals surface area contributed by atoms with Gasteiger partial charge in [0.2, 0.25) is 17.7 Å². The number of hydrogen-bond donors (Lipinski definition) is 3. The summed E-state index contributed by atoms with van der Waals surface area (Å²) in [6.07, 6.45) is 1.49. The molecular weight excluding hydrogens is 380 g/mol. The van der Waals surface area contributed by atoms with Crippen molar-refractivity contribution in [3.05, 3.63) is 53.2 Å². The average Bonchev–Trinajstić information content (AvgIpc) is 3.29. The molecule has 0 aliphatic rings. The highest BCUT2D eigenvalue weighted by atomic mass is 32.1. The third-order valence-electron chi connectivity index (χ3n) is 3.55. The average molecular weight is 398 g/mol. The van der Waals surface area contributed by atoms with Crippen LogP contribution in [-0.2, 0) is 16.1 Å². The van der Waals surface area contributed by atoms with Crippen molar-refractivity contribution < 1.29 is 18.8 Å². The number of amides is 3. The molecular formula is C19H18N4O4S. The number of oxazole rings is 1. The van der Waals surface area contributed by atoms with Gasteiger partial charge < -0.3 is 20.4 Å². The molecule has 1 aromatic carbocycles. The van der Waals surface area contributed by atoms with Crippen LogP contribution in [0.15, 0.2) is 46.4 Å². The minimum atomic E-state index is -0.375. The summed E-state index contributed by atoms with van der Waals surface area (Å²) >= 11 is 1.51. The summed E-state index contributed by atoms with van der Waals surface area (Å²) in [7, 11) is 0. The third-order valence-corrected chi connectivity index (χ3v) is 4.41. The normalized spacial score (nSPS) is 10.4. The number of rotatable bonds is 6. The maximum atomic E-state index is 12.5. The number of anilines is 2. The number of carbonyl (C=O) groups excluding carboxylic acids is 3. The van der Waals surface area contributed by atoms with E-state index in [-0.39, 0.29) is 29.8 Å². The van der Waals surface area contributed by atoms with Crippen LogP contribution in [0.5, 0.6) is 0 Å². The first-order valence-electron chi connectivity index (χ1n) is 8.37. The molecule has 3 N–H and O–H groups in total. The van der Waals surface area contributed by atoms with E-state index < -0.39 is 0 Å². The zero-order valence-electron chi connectivity index (χ0n) is 15.2. The fourth-order valence-electron chi connectivity index (χ4n) is 2.48. The predicted octanol–water partition coefficient (Wildman–Crippen LogP) is 3.25. The number of carbonyl (C=O) groups is 3. The Kier molecular flexibility index (Phi) is 5.85. The van der Waals surface area contributed by atoms with Crippen molar-refractivity contribution in [1.29, 1.82) is 0 Å². The van der Waals surface area contributed by atoms with Crippen LogP contribution in [0, 0.1) is 0 Å². The van der Waals surface area contributed by atoms with E-state index in [2.05, 4.69) is 20.9 Å². The van der Waals surface area contributed by atoms with Crippen molar-refractivity contribution in [2.75, 3.05) is 10.6 Å². The summed E-state index contributed by atoms with van der Waals surface area (Å²) in [6.45, 7) is 2.90. The van der Waals surface area contributed by atoms with E-state index in [0.717, 1.165) is 4.88 Å². The Morgan fingerprint density at radius 3 is 2.32 bits per heavy atom. The number of aromatic nitrogens is 1. The first kappa shape index (κ1) is 19.3. The standard InChI is InChI=1S/C19H18N4O4S/c1-11(24)21-14-6-13(7-15(8-14)22-12(2)25)18(26)20-9-16-10-27-19(23-16)17-4-3-5-28-17/h3-8,10H,9H2,1-2H3,(H,20,26)(H,21,24)(H,22,25). The smallest absolute Gasteiger partial charge is 0.251 e. The molecule has 0 radical (unpaired) electrons. The van der Waals surface area contributed by atoms with Gasteiger partial charge >= 0.3 is 0 Å². The van der Waals surface area contributed by atoms with Gasteiger partial charge in [0.1, 0.15) is 6.26 Å². The van der Waals surface area contributed by atoms with E-state index in [9.17, 15) is 14.4 Å². The Hall–Kier alpha value is -3.46. The van der Waals surface area contributed by atoms with Gasteiger partial charge in [-0.1, -0.05) is 6.07 Å². The number of nitrogens with zero attached hydrogens (tertiary/aromatic N) is 1. The number of nitrogens with one attached hydrogen (secondary N) is 3. The lowest BCUT2D eigenvalue weighted by molar-refractivity contribution is -0.115. The van der Waals surface area contributed by atoms with Crippen molar-refractivity contribution in [1.82, 2.24) is 10.3 Å². The van der Waals surface area contributed by atoms with Crippen LogP contribution in [0.1, 0.15) is 29.9 Å². The second-order valence-electron chi connectivity index (χ2n) is 5.97. The van der Waals surface area contributed by atoms with Gasteiger partial charge in [0.15, 0.2) is 0 Å². The van der Waals surface area contributed by atoms with E-state index in [1.165, 1.54) is 43.6 Å². The monoisotopic (exact) mass is 398 g/mol. The van der Waals surface area contributed by atoms with Gasteiger partial charge in [0, 0.05) is 30.8 Å². The molecule has 144 valence electrons. The molecule has 0 aliphatic heterocycles. The van der Waals surface area contributed by atoms with E-state index in [4.69, 9.17) is 4.42 Å². The van der Waals surface area contributed by atoms with E-state index >= 15 is 0 Å². The Balaban J connectivity index is 1.72. The van der Waals surface area contributed by atoms with Gasteiger partial charge in [-0.3, -0.25) is 14.4 Å².